The number of benzene rings is 1. The first-order valence-electron chi connectivity index (χ1n) is 5.68. The van der Waals surface area contributed by atoms with Crippen LogP contribution in [0.2, 0.25) is 0 Å². The van der Waals surface area contributed by atoms with E-state index in [1.165, 1.54) is 6.20 Å². The lowest BCUT2D eigenvalue weighted by Crippen LogP contribution is -2.29. The van der Waals surface area contributed by atoms with E-state index in [0.29, 0.717) is 5.56 Å². The standard InChI is InChI=1S/C14H12N2O3/c17-13(18)9-16-14(19)11-6-7-12(15-8-11)10-4-2-1-3-5-10/h1-8H,9H2,(H,16,19)(H,17,18). The lowest BCUT2D eigenvalue weighted by atomic mass is 10.1. The van der Waals surface area contributed by atoms with Gasteiger partial charge in [0.1, 0.15) is 6.54 Å². The van der Waals surface area contributed by atoms with E-state index < -0.39 is 18.4 Å². The number of carboxylic acids is 1. The number of carboxylic acid groups (broad SMARTS) is 1. The van der Waals surface area contributed by atoms with Gasteiger partial charge in [0, 0.05) is 11.8 Å². The van der Waals surface area contributed by atoms with Gasteiger partial charge in [-0.25, -0.2) is 0 Å². The van der Waals surface area contributed by atoms with Crippen LogP contribution in [0.5, 0.6) is 0 Å². The molecule has 1 amide bonds. The molecule has 1 heterocycles. The fourth-order valence-electron chi connectivity index (χ4n) is 1.57. The first-order valence-corrected chi connectivity index (χ1v) is 5.68. The molecule has 0 aliphatic rings. The molecule has 0 bridgehead atoms. The van der Waals surface area contributed by atoms with Crippen molar-refractivity contribution in [3.63, 3.8) is 0 Å². The van der Waals surface area contributed by atoms with Gasteiger partial charge in [0.25, 0.3) is 5.91 Å². The smallest absolute Gasteiger partial charge is 0.322 e. The normalized spacial score (nSPS) is 9.89. The molecule has 0 spiro atoms. The van der Waals surface area contributed by atoms with Crippen molar-refractivity contribution in [2.24, 2.45) is 0 Å². The Labute approximate surface area is 109 Å². The van der Waals surface area contributed by atoms with Crippen LogP contribution < -0.4 is 5.32 Å². The van der Waals surface area contributed by atoms with Gasteiger partial charge in [-0.2, -0.15) is 0 Å². The molecule has 0 fully saturated rings. The minimum atomic E-state index is -1.08. The second kappa shape index (κ2) is 5.77. The first-order chi connectivity index (χ1) is 9.16. The number of nitrogens with zero attached hydrogens (tertiary/aromatic N) is 1. The van der Waals surface area contributed by atoms with E-state index in [1.807, 2.05) is 30.3 Å². The number of aliphatic carboxylic acids is 1. The molecule has 0 radical (unpaired) electrons. The third kappa shape index (κ3) is 3.38. The zero-order chi connectivity index (χ0) is 13.7. The van der Waals surface area contributed by atoms with Gasteiger partial charge in [-0.1, -0.05) is 30.3 Å². The summed E-state index contributed by atoms with van der Waals surface area (Å²) in [5.41, 5.74) is 2.05. The van der Waals surface area contributed by atoms with Crippen molar-refractivity contribution in [2.75, 3.05) is 6.54 Å². The Morgan fingerprint density at radius 1 is 1.11 bits per heavy atom. The lowest BCUT2D eigenvalue weighted by molar-refractivity contribution is -0.135. The Bertz CT molecular complexity index is 579. The molecule has 1 aromatic carbocycles. The molecular weight excluding hydrogens is 244 g/mol. The summed E-state index contributed by atoms with van der Waals surface area (Å²) in [6, 6.07) is 12.9. The second-order valence-corrected chi connectivity index (χ2v) is 3.87. The van der Waals surface area contributed by atoms with Gasteiger partial charge in [-0.15, -0.1) is 0 Å². The van der Waals surface area contributed by atoms with Crippen LogP contribution in [0.15, 0.2) is 48.7 Å². The van der Waals surface area contributed by atoms with Gasteiger partial charge < -0.3 is 10.4 Å². The molecule has 0 aliphatic carbocycles. The summed E-state index contributed by atoms with van der Waals surface area (Å²) in [5, 5.41) is 10.8. The van der Waals surface area contributed by atoms with Crippen LogP contribution in [0.4, 0.5) is 0 Å². The van der Waals surface area contributed by atoms with E-state index in [1.54, 1.807) is 12.1 Å². The molecular formula is C14H12N2O3. The van der Waals surface area contributed by atoms with E-state index in [9.17, 15) is 9.59 Å². The molecule has 5 nitrogen and oxygen atoms in total. The van der Waals surface area contributed by atoms with Gasteiger partial charge in [0.15, 0.2) is 0 Å². The fourth-order valence-corrected chi connectivity index (χ4v) is 1.57. The van der Waals surface area contributed by atoms with Gasteiger partial charge in [-0.05, 0) is 12.1 Å². The summed E-state index contributed by atoms with van der Waals surface area (Å²) >= 11 is 0. The Balaban J connectivity index is 2.10. The molecule has 2 N–H and O–H groups in total. The highest BCUT2D eigenvalue weighted by Gasteiger charge is 2.07. The summed E-state index contributed by atoms with van der Waals surface area (Å²) in [6.07, 6.45) is 1.43. The van der Waals surface area contributed by atoms with Crippen molar-refractivity contribution in [1.82, 2.24) is 10.3 Å². The highest BCUT2D eigenvalue weighted by Crippen LogP contribution is 2.15. The number of carbonyl (C=O) groups is 2. The summed E-state index contributed by atoms with van der Waals surface area (Å²) in [4.78, 5) is 26.1. The number of rotatable bonds is 4. The molecule has 2 rings (SSSR count). The van der Waals surface area contributed by atoms with Crippen LogP contribution in [-0.4, -0.2) is 28.5 Å². The molecule has 0 atom stereocenters. The Hall–Kier alpha value is -2.69. The Morgan fingerprint density at radius 2 is 1.84 bits per heavy atom. The van der Waals surface area contributed by atoms with Crippen molar-refractivity contribution in [3.05, 3.63) is 54.2 Å². The zero-order valence-corrected chi connectivity index (χ0v) is 10.0. The number of hydrogen-bond acceptors (Lipinski definition) is 3. The molecule has 19 heavy (non-hydrogen) atoms. The number of hydrogen-bond donors (Lipinski definition) is 2. The summed E-state index contributed by atoms with van der Waals surface area (Å²) in [5.74, 6) is -1.53. The monoisotopic (exact) mass is 256 g/mol. The van der Waals surface area contributed by atoms with Crippen LogP contribution in [0, 0.1) is 0 Å². The largest absolute Gasteiger partial charge is 0.480 e. The molecule has 0 saturated carbocycles. The van der Waals surface area contributed by atoms with Gasteiger partial charge in [0.2, 0.25) is 0 Å². The lowest BCUT2D eigenvalue weighted by Gasteiger charge is -2.04. The molecule has 0 aliphatic heterocycles. The minimum absolute atomic E-state index is 0.334. The van der Waals surface area contributed by atoms with Crippen molar-refractivity contribution < 1.29 is 14.7 Å². The third-order valence-corrected chi connectivity index (χ3v) is 2.50. The zero-order valence-electron chi connectivity index (χ0n) is 10.0. The maximum atomic E-state index is 11.6. The highest BCUT2D eigenvalue weighted by molar-refractivity contribution is 5.95. The summed E-state index contributed by atoms with van der Waals surface area (Å²) in [7, 11) is 0. The fraction of sp³-hybridized carbons (Fsp3) is 0.0714. The average Bonchev–Trinajstić information content (AvgIpc) is 2.46. The van der Waals surface area contributed by atoms with Crippen molar-refractivity contribution in [2.45, 2.75) is 0 Å². The maximum Gasteiger partial charge on any atom is 0.322 e. The van der Waals surface area contributed by atoms with Crippen LogP contribution in [-0.2, 0) is 4.79 Å². The number of pyridine rings is 1. The summed E-state index contributed by atoms with van der Waals surface area (Å²) in [6.45, 7) is -0.404. The molecule has 0 unspecified atom stereocenters. The van der Waals surface area contributed by atoms with Crippen LogP contribution in [0.3, 0.4) is 0 Å². The molecule has 0 saturated heterocycles. The number of amides is 1. The number of carbonyl (C=O) groups excluding carboxylic acids is 1. The van der Waals surface area contributed by atoms with Gasteiger partial charge >= 0.3 is 5.97 Å². The van der Waals surface area contributed by atoms with E-state index in [4.69, 9.17) is 5.11 Å². The van der Waals surface area contributed by atoms with Crippen LogP contribution >= 0.6 is 0 Å². The second-order valence-electron chi connectivity index (χ2n) is 3.87. The van der Waals surface area contributed by atoms with E-state index in [0.717, 1.165) is 11.3 Å². The molecule has 5 heteroatoms. The maximum absolute atomic E-state index is 11.6. The summed E-state index contributed by atoms with van der Waals surface area (Å²) < 4.78 is 0. The van der Waals surface area contributed by atoms with E-state index in [-0.39, 0.29) is 0 Å². The average molecular weight is 256 g/mol. The van der Waals surface area contributed by atoms with Crippen molar-refractivity contribution in [1.29, 1.82) is 0 Å². The first kappa shape index (κ1) is 12.8. The third-order valence-electron chi connectivity index (χ3n) is 2.50. The number of aromatic nitrogens is 1. The highest BCUT2D eigenvalue weighted by atomic mass is 16.4. The Kier molecular flexibility index (Phi) is 3.87. The molecule has 2 aromatic rings. The topological polar surface area (TPSA) is 79.3 Å². The van der Waals surface area contributed by atoms with Crippen molar-refractivity contribution >= 4 is 11.9 Å². The minimum Gasteiger partial charge on any atom is -0.480 e. The van der Waals surface area contributed by atoms with E-state index in [2.05, 4.69) is 10.3 Å². The van der Waals surface area contributed by atoms with E-state index >= 15 is 0 Å². The van der Waals surface area contributed by atoms with Crippen LogP contribution in [0.1, 0.15) is 10.4 Å². The van der Waals surface area contributed by atoms with Gasteiger partial charge in [0.05, 0.1) is 11.3 Å². The predicted octanol–water partition coefficient (Wildman–Crippen LogP) is 1.56. The van der Waals surface area contributed by atoms with Crippen molar-refractivity contribution in [3.8, 4) is 11.3 Å². The molecule has 96 valence electrons. The Morgan fingerprint density at radius 3 is 2.42 bits per heavy atom. The molecule has 1 aromatic heterocycles. The van der Waals surface area contributed by atoms with Gasteiger partial charge in [-0.3, -0.25) is 14.6 Å². The quantitative estimate of drug-likeness (QED) is 0.870. The SMILES string of the molecule is O=C(O)CNC(=O)c1ccc(-c2ccccc2)nc1. The van der Waals surface area contributed by atoms with Crippen LogP contribution in [0.25, 0.3) is 11.3 Å². The predicted molar refractivity (Wildman–Crippen MR) is 69.6 cm³/mol. The number of nitrogens with one attached hydrogen (secondary N) is 1.